The summed E-state index contributed by atoms with van der Waals surface area (Å²) in [4.78, 5) is 4.94. The lowest BCUT2D eigenvalue weighted by atomic mass is 9.55. The van der Waals surface area contributed by atoms with Gasteiger partial charge in [-0.1, -0.05) is 196 Å². The number of nitrogens with zero attached hydrogens (tertiary/aromatic N) is 2. The van der Waals surface area contributed by atoms with Crippen molar-refractivity contribution in [1.82, 2.24) is 0 Å². The number of hydrogen-bond donors (Lipinski definition) is 0. The van der Waals surface area contributed by atoms with Crippen molar-refractivity contribution < 1.29 is 0 Å². The molecule has 0 N–H and O–H groups in total. The molecule has 0 aliphatic heterocycles. The van der Waals surface area contributed by atoms with E-state index in [2.05, 4.69) is 266 Å². The predicted octanol–water partition coefficient (Wildman–Crippen LogP) is 17.1. The van der Waals surface area contributed by atoms with Crippen LogP contribution in [0.15, 0.2) is 243 Å². The van der Waals surface area contributed by atoms with Crippen LogP contribution in [0.4, 0.5) is 34.1 Å². The van der Waals surface area contributed by atoms with Crippen LogP contribution in [-0.4, -0.2) is 0 Å². The molecule has 0 heterocycles. The van der Waals surface area contributed by atoms with Crippen molar-refractivity contribution in [2.24, 2.45) is 0 Å². The Morgan fingerprint density at radius 2 is 0.712 bits per heavy atom. The zero-order valence-corrected chi connectivity index (χ0v) is 37.0. The maximum absolute atomic E-state index is 2.53. The first-order valence-electron chi connectivity index (χ1n) is 23.1. The molecule has 13 rings (SSSR count). The van der Waals surface area contributed by atoms with Crippen LogP contribution in [-0.2, 0) is 10.8 Å². The average molecular weight is 843 g/mol. The number of para-hydroxylation sites is 2. The van der Waals surface area contributed by atoms with Crippen LogP contribution in [0.3, 0.4) is 0 Å². The van der Waals surface area contributed by atoms with Gasteiger partial charge in [-0.05, 0) is 127 Å². The van der Waals surface area contributed by atoms with Crippen molar-refractivity contribution in [2.45, 2.75) is 24.7 Å². The van der Waals surface area contributed by atoms with Crippen molar-refractivity contribution in [2.75, 3.05) is 9.80 Å². The molecule has 312 valence electrons. The highest BCUT2D eigenvalue weighted by molar-refractivity contribution is 6.14. The molecule has 0 saturated carbocycles. The fourth-order valence-electron chi connectivity index (χ4n) is 11.8. The molecule has 0 fully saturated rings. The lowest BCUT2D eigenvalue weighted by Crippen LogP contribution is -2.40. The largest absolute Gasteiger partial charge is 0.310 e. The van der Waals surface area contributed by atoms with Gasteiger partial charge in [0.15, 0.2) is 0 Å². The van der Waals surface area contributed by atoms with E-state index in [0.717, 1.165) is 34.1 Å². The molecule has 66 heavy (non-hydrogen) atoms. The van der Waals surface area contributed by atoms with Gasteiger partial charge in [0.2, 0.25) is 0 Å². The fourth-order valence-corrected chi connectivity index (χ4v) is 11.8. The summed E-state index contributed by atoms with van der Waals surface area (Å²) in [5.74, 6) is 0. The van der Waals surface area contributed by atoms with Crippen LogP contribution in [0.5, 0.6) is 0 Å². The minimum Gasteiger partial charge on any atom is -0.310 e. The van der Waals surface area contributed by atoms with E-state index in [1.165, 1.54) is 76.8 Å². The molecule has 2 nitrogen and oxygen atoms in total. The van der Waals surface area contributed by atoms with Gasteiger partial charge in [0.05, 0.1) is 16.8 Å². The third kappa shape index (κ3) is 5.48. The van der Waals surface area contributed by atoms with Crippen molar-refractivity contribution in [3.8, 4) is 11.1 Å². The van der Waals surface area contributed by atoms with Crippen LogP contribution in [0.1, 0.15) is 47.2 Å². The quantitative estimate of drug-likeness (QED) is 0.154. The smallest absolute Gasteiger partial charge is 0.0721 e. The van der Waals surface area contributed by atoms with Crippen LogP contribution < -0.4 is 9.80 Å². The Balaban J connectivity index is 1.12. The molecule has 0 saturated heterocycles. The Morgan fingerprint density at radius 3 is 1.30 bits per heavy atom. The molecule has 0 bridgehead atoms. The maximum atomic E-state index is 2.53. The molecular formula is C64H46N2. The monoisotopic (exact) mass is 842 g/mol. The van der Waals surface area contributed by atoms with E-state index in [1.807, 2.05) is 0 Å². The lowest BCUT2D eigenvalue weighted by Gasteiger charge is -2.47. The van der Waals surface area contributed by atoms with Gasteiger partial charge in [0, 0.05) is 38.9 Å². The second-order valence-electron chi connectivity index (χ2n) is 18.4. The Kier molecular flexibility index (Phi) is 8.51. The molecule has 0 amide bonds. The molecule has 2 heteroatoms. The normalized spacial score (nSPS) is 13.8. The van der Waals surface area contributed by atoms with Gasteiger partial charge in [0.25, 0.3) is 0 Å². The minimum absolute atomic E-state index is 0.227. The second-order valence-corrected chi connectivity index (χ2v) is 18.4. The zero-order valence-electron chi connectivity index (χ0n) is 37.0. The number of benzene rings is 11. The first-order chi connectivity index (χ1) is 32.5. The summed E-state index contributed by atoms with van der Waals surface area (Å²) in [5.41, 5.74) is 16.4. The van der Waals surface area contributed by atoms with Crippen molar-refractivity contribution in [1.29, 1.82) is 0 Å². The topological polar surface area (TPSA) is 6.48 Å². The van der Waals surface area contributed by atoms with Crippen molar-refractivity contribution in [3.63, 3.8) is 0 Å². The second kappa shape index (κ2) is 14.7. The summed E-state index contributed by atoms with van der Waals surface area (Å²) in [7, 11) is 0. The molecule has 2 aliphatic carbocycles. The number of rotatable bonds is 6. The summed E-state index contributed by atoms with van der Waals surface area (Å²) in [6.45, 7) is 4.81. The van der Waals surface area contributed by atoms with Gasteiger partial charge >= 0.3 is 0 Å². The summed E-state index contributed by atoms with van der Waals surface area (Å²) in [5, 5.41) is 7.37. The van der Waals surface area contributed by atoms with E-state index in [-0.39, 0.29) is 5.41 Å². The van der Waals surface area contributed by atoms with Gasteiger partial charge < -0.3 is 9.80 Å². The van der Waals surface area contributed by atoms with E-state index in [4.69, 9.17) is 0 Å². The summed E-state index contributed by atoms with van der Waals surface area (Å²) in [6.07, 6.45) is 0. The zero-order chi connectivity index (χ0) is 44.0. The van der Waals surface area contributed by atoms with Gasteiger partial charge in [-0.2, -0.15) is 0 Å². The SMILES string of the molecule is CC1(C)c2ccccc2C2(c3cc(N(c4ccccc4)c4cccc5ccccc45)ccc3-c3ccc(N(c4ccccc4)c4cc5ccccc5c5ccccc45)cc32)c2ccccc21. The van der Waals surface area contributed by atoms with Crippen molar-refractivity contribution in [3.05, 3.63) is 276 Å². The number of anilines is 6. The summed E-state index contributed by atoms with van der Waals surface area (Å²) in [6, 6.07) is 90.3. The van der Waals surface area contributed by atoms with Crippen LogP contribution >= 0.6 is 0 Å². The molecule has 0 atom stereocenters. The number of hydrogen-bond acceptors (Lipinski definition) is 2. The molecule has 2 aliphatic rings. The molecule has 0 aromatic heterocycles. The summed E-state index contributed by atoms with van der Waals surface area (Å²) >= 11 is 0. The standard InChI is InChI=1S/C64H46N2/c1-63(2)55-31-15-17-33-57(55)64(58-34-18-16-32-56(58)63)59-41-47(65(45-23-5-3-6-24-45)61-35-19-22-43-20-9-12-28-50(43)61)36-38-52(59)53-39-37-48(42-60(53)64)66(46-25-7-4-8-26-46)62-40-44-21-10-11-27-49(44)51-29-13-14-30-54(51)62/h3-42H,1-2H3. The Labute approximate surface area is 386 Å². The first kappa shape index (κ1) is 38.3. The van der Waals surface area contributed by atoms with Crippen LogP contribution in [0.2, 0.25) is 0 Å². The van der Waals surface area contributed by atoms with E-state index < -0.39 is 5.41 Å². The van der Waals surface area contributed by atoms with Crippen molar-refractivity contribution >= 4 is 66.4 Å². The minimum atomic E-state index is -0.631. The molecule has 0 radical (unpaired) electrons. The number of fused-ring (bicyclic) bond motifs is 13. The Morgan fingerprint density at radius 1 is 0.273 bits per heavy atom. The molecule has 11 aromatic carbocycles. The van der Waals surface area contributed by atoms with Gasteiger partial charge in [-0.15, -0.1) is 0 Å². The maximum Gasteiger partial charge on any atom is 0.0721 e. The third-order valence-electron chi connectivity index (χ3n) is 14.7. The third-order valence-corrected chi connectivity index (χ3v) is 14.7. The Bertz CT molecular complexity index is 3640. The van der Waals surface area contributed by atoms with E-state index in [9.17, 15) is 0 Å². The van der Waals surface area contributed by atoms with Gasteiger partial charge in [-0.3, -0.25) is 0 Å². The van der Waals surface area contributed by atoms with Gasteiger partial charge in [0.1, 0.15) is 0 Å². The van der Waals surface area contributed by atoms with E-state index >= 15 is 0 Å². The molecular weight excluding hydrogens is 797 g/mol. The predicted molar refractivity (Wildman–Crippen MR) is 278 cm³/mol. The summed E-state index contributed by atoms with van der Waals surface area (Å²) < 4.78 is 0. The van der Waals surface area contributed by atoms with E-state index in [1.54, 1.807) is 0 Å². The van der Waals surface area contributed by atoms with E-state index in [0.29, 0.717) is 0 Å². The Hall–Kier alpha value is -8.20. The highest BCUT2D eigenvalue weighted by atomic mass is 15.1. The van der Waals surface area contributed by atoms with Crippen LogP contribution in [0.25, 0.3) is 43.4 Å². The average Bonchev–Trinajstić information content (AvgIpc) is 3.66. The lowest BCUT2D eigenvalue weighted by molar-refractivity contribution is 0.563. The molecule has 0 unspecified atom stereocenters. The molecule has 1 spiro atoms. The first-order valence-corrected chi connectivity index (χ1v) is 23.1. The van der Waals surface area contributed by atoms with Gasteiger partial charge in [-0.25, -0.2) is 0 Å². The highest BCUT2D eigenvalue weighted by Gasteiger charge is 2.53. The fraction of sp³-hybridized carbons (Fsp3) is 0.0625. The highest BCUT2D eigenvalue weighted by Crippen LogP contribution is 2.63. The molecule has 11 aromatic rings. The van der Waals surface area contributed by atoms with Crippen LogP contribution in [0, 0.1) is 0 Å².